The Morgan fingerprint density at radius 2 is 1.74 bits per heavy atom. The van der Waals surface area contributed by atoms with E-state index in [0.717, 1.165) is 16.6 Å². The molecular weight excluding hydrogens is 416 g/mol. The summed E-state index contributed by atoms with van der Waals surface area (Å²) >= 11 is 5.96. The van der Waals surface area contributed by atoms with Gasteiger partial charge in [-0.05, 0) is 37.6 Å². The van der Waals surface area contributed by atoms with Crippen molar-refractivity contribution in [1.29, 1.82) is 0 Å². The molecule has 1 fully saturated rings. The highest BCUT2D eigenvalue weighted by molar-refractivity contribution is 6.30. The highest BCUT2D eigenvalue weighted by Crippen LogP contribution is 2.24. The van der Waals surface area contributed by atoms with E-state index in [-0.39, 0.29) is 11.9 Å². The minimum absolute atomic E-state index is 0.0755. The average Bonchev–Trinajstić information content (AvgIpc) is 3.19. The summed E-state index contributed by atoms with van der Waals surface area (Å²) in [5.74, 6) is -0.493. The van der Waals surface area contributed by atoms with Gasteiger partial charge in [-0.2, -0.15) is 5.10 Å². The van der Waals surface area contributed by atoms with E-state index in [1.807, 2.05) is 41.6 Å². The quantitative estimate of drug-likeness (QED) is 0.657. The second kappa shape index (κ2) is 8.64. The van der Waals surface area contributed by atoms with E-state index >= 15 is 0 Å². The van der Waals surface area contributed by atoms with E-state index in [1.54, 1.807) is 29.4 Å². The Labute approximate surface area is 185 Å². The van der Waals surface area contributed by atoms with Gasteiger partial charge >= 0.3 is 0 Å². The Hall–Kier alpha value is -2.97. The molecule has 1 atom stereocenters. The second-order valence-corrected chi connectivity index (χ2v) is 8.44. The molecule has 0 unspecified atom stereocenters. The lowest BCUT2D eigenvalue weighted by Crippen LogP contribution is -2.51. The van der Waals surface area contributed by atoms with E-state index in [1.165, 1.54) is 0 Å². The van der Waals surface area contributed by atoms with Crippen LogP contribution in [0.25, 0.3) is 11.0 Å². The van der Waals surface area contributed by atoms with Crippen LogP contribution in [0, 0.1) is 0 Å². The molecule has 8 nitrogen and oxygen atoms in total. The van der Waals surface area contributed by atoms with Crippen molar-refractivity contribution in [3.63, 3.8) is 0 Å². The third kappa shape index (κ3) is 4.26. The van der Waals surface area contributed by atoms with Gasteiger partial charge in [0.2, 0.25) is 5.91 Å². The highest BCUT2D eigenvalue weighted by Gasteiger charge is 2.31. The Kier molecular flexibility index (Phi) is 5.93. The molecule has 0 bridgehead atoms. The van der Waals surface area contributed by atoms with E-state index in [0.29, 0.717) is 36.8 Å². The fourth-order valence-corrected chi connectivity index (χ4v) is 4.13. The molecule has 9 heteroatoms. The number of nitrogens with zero attached hydrogens (tertiary/aromatic N) is 5. The molecule has 2 amide bonds. The number of benzene rings is 1. The number of fused-ring (bicyclic) bond motifs is 1. The lowest BCUT2D eigenvalue weighted by atomic mass is 10.0. The number of hydrogen-bond donors (Lipinski definition) is 1. The van der Waals surface area contributed by atoms with Crippen LogP contribution in [0.2, 0.25) is 5.02 Å². The first kappa shape index (κ1) is 21.3. The van der Waals surface area contributed by atoms with Gasteiger partial charge < -0.3 is 10.6 Å². The van der Waals surface area contributed by atoms with Gasteiger partial charge in [-0.1, -0.05) is 23.7 Å². The summed E-state index contributed by atoms with van der Waals surface area (Å²) in [6, 6.07) is 8.60. The molecule has 0 aliphatic carbocycles. The smallest absolute Gasteiger partial charge is 0.255 e. The molecule has 31 heavy (non-hydrogen) atoms. The number of nitrogens with two attached hydrogens (primary N) is 1. The van der Waals surface area contributed by atoms with Crippen LogP contribution in [0.5, 0.6) is 0 Å². The number of amides is 2. The monoisotopic (exact) mass is 440 g/mol. The molecule has 0 radical (unpaired) electrons. The number of hydrogen-bond acceptors (Lipinski definition) is 5. The molecule has 1 aliphatic heterocycles. The Morgan fingerprint density at radius 1 is 1.06 bits per heavy atom. The van der Waals surface area contributed by atoms with Crippen molar-refractivity contribution in [3.8, 4) is 0 Å². The van der Waals surface area contributed by atoms with Gasteiger partial charge in [-0.3, -0.25) is 14.5 Å². The Morgan fingerprint density at radius 3 is 2.35 bits per heavy atom. The van der Waals surface area contributed by atoms with Crippen LogP contribution >= 0.6 is 11.6 Å². The number of halogens is 1. The topological polar surface area (TPSA) is 97.4 Å². The summed E-state index contributed by atoms with van der Waals surface area (Å²) in [4.78, 5) is 33.4. The second-order valence-electron chi connectivity index (χ2n) is 8.00. The molecule has 1 aliphatic rings. The normalized spacial score (nSPS) is 16.1. The van der Waals surface area contributed by atoms with Crippen molar-refractivity contribution in [2.45, 2.75) is 25.9 Å². The van der Waals surface area contributed by atoms with Gasteiger partial charge in [0.05, 0.1) is 11.8 Å². The van der Waals surface area contributed by atoms with Crippen LogP contribution in [0.15, 0.2) is 42.7 Å². The maximum absolute atomic E-state index is 13.0. The van der Waals surface area contributed by atoms with Crippen LogP contribution in [-0.2, 0) is 4.79 Å². The summed E-state index contributed by atoms with van der Waals surface area (Å²) in [6.45, 7) is 6.16. The molecule has 4 rings (SSSR count). The molecule has 162 valence electrons. The summed E-state index contributed by atoms with van der Waals surface area (Å²) in [5.41, 5.74) is 7.79. The number of piperazine rings is 1. The number of primary amides is 1. The zero-order valence-electron chi connectivity index (χ0n) is 17.5. The SMILES string of the molecule is CC(C)n1ncc2cc(C(=O)N3CCN([C@H](C(N)=O)c4ccc(Cl)cc4)CC3)cnc21. The van der Waals surface area contributed by atoms with Gasteiger partial charge in [0.1, 0.15) is 6.04 Å². The summed E-state index contributed by atoms with van der Waals surface area (Å²) < 4.78 is 1.84. The molecule has 3 heterocycles. The predicted molar refractivity (Wildman–Crippen MR) is 119 cm³/mol. The maximum atomic E-state index is 13.0. The third-order valence-corrected chi connectivity index (χ3v) is 5.84. The van der Waals surface area contributed by atoms with Crippen molar-refractivity contribution in [2.24, 2.45) is 5.73 Å². The molecule has 2 aromatic heterocycles. The average molecular weight is 441 g/mol. The van der Waals surface area contributed by atoms with E-state index in [4.69, 9.17) is 17.3 Å². The molecule has 0 saturated carbocycles. The standard InChI is InChI=1S/C22H25ClN6O2/c1-14(2)29-21-16(13-26-29)11-17(12-25-21)22(31)28-9-7-27(8-10-28)19(20(24)30)15-3-5-18(23)6-4-15/h3-6,11-14,19H,7-10H2,1-2H3,(H2,24,30)/t19-/m0/s1. The van der Waals surface area contributed by atoms with Crippen molar-refractivity contribution in [3.05, 3.63) is 58.9 Å². The van der Waals surface area contributed by atoms with Gasteiger partial charge in [-0.25, -0.2) is 9.67 Å². The Balaban J connectivity index is 1.46. The van der Waals surface area contributed by atoms with Crippen molar-refractivity contribution < 1.29 is 9.59 Å². The predicted octanol–water partition coefficient (Wildman–Crippen LogP) is 2.65. The van der Waals surface area contributed by atoms with Gasteiger partial charge in [0, 0.05) is 48.8 Å². The molecule has 3 aromatic rings. The van der Waals surface area contributed by atoms with Crippen LogP contribution < -0.4 is 5.73 Å². The van der Waals surface area contributed by atoms with E-state index < -0.39 is 11.9 Å². The molecular formula is C22H25ClN6O2. The van der Waals surface area contributed by atoms with Crippen LogP contribution in [0.3, 0.4) is 0 Å². The summed E-state index contributed by atoms with van der Waals surface area (Å²) in [5, 5.41) is 5.80. The third-order valence-electron chi connectivity index (χ3n) is 5.59. The number of carbonyl (C=O) groups excluding carboxylic acids is 2. The van der Waals surface area contributed by atoms with Crippen molar-refractivity contribution >= 4 is 34.4 Å². The fourth-order valence-electron chi connectivity index (χ4n) is 4.00. The van der Waals surface area contributed by atoms with Crippen LogP contribution in [0.4, 0.5) is 0 Å². The molecule has 1 saturated heterocycles. The molecule has 0 spiro atoms. The fraction of sp³-hybridized carbons (Fsp3) is 0.364. The first-order chi connectivity index (χ1) is 14.8. The lowest BCUT2D eigenvalue weighted by molar-refractivity contribution is -0.124. The molecule has 1 aromatic carbocycles. The molecule has 2 N–H and O–H groups in total. The highest BCUT2D eigenvalue weighted by atomic mass is 35.5. The van der Waals surface area contributed by atoms with E-state index in [9.17, 15) is 9.59 Å². The van der Waals surface area contributed by atoms with Crippen molar-refractivity contribution in [1.82, 2.24) is 24.6 Å². The number of carbonyl (C=O) groups is 2. The zero-order valence-corrected chi connectivity index (χ0v) is 18.3. The van der Waals surface area contributed by atoms with Gasteiger partial charge in [0.15, 0.2) is 5.65 Å². The minimum atomic E-state index is -0.547. The Bertz CT molecular complexity index is 1100. The zero-order chi connectivity index (χ0) is 22.1. The number of aromatic nitrogens is 3. The van der Waals surface area contributed by atoms with Gasteiger partial charge in [-0.15, -0.1) is 0 Å². The lowest BCUT2D eigenvalue weighted by Gasteiger charge is -2.38. The summed E-state index contributed by atoms with van der Waals surface area (Å²) in [7, 11) is 0. The van der Waals surface area contributed by atoms with E-state index in [2.05, 4.69) is 10.1 Å². The maximum Gasteiger partial charge on any atom is 0.255 e. The largest absolute Gasteiger partial charge is 0.368 e. The summed E-state index contributed by atoms with van der Waals surface area (Å²) in [6.07, 6.45) is 3.35. The van der Waals surface area contributed by atoms with Gasteiger partial charge in [0.25, 0.3) is 5.91 Å². The van der Waals surface area contributed by atoms with Crippen LogP contribution in [-0.4, -0.2) is 62.6 Å². The number of pyridine rings is 1. The first-order valence-corrected chi connectivity index (χ1v) is 10.6. The minimum Gasteiger partial charge on any atom is -0.368 e. The number of rotatable bonds is 5. The first-order valence-electron chi connectivity index (χ1n) is 10.3. The van der Waals surface area contributed by atoms with Crippen LogP contribution in [0.1, 0.15) is 41.9 Å². The van der Waals surface area contributed by atoms with Crippen molar-refractivity contribution in [2.75, 3.05) is 26.2 Å².